The summed E-state index contributed by atoms with van der Waals surface area (Å²) in [6, 6.07) is 14.1. The highest BCUT2D eigenvalue weighted by Crippen LogP contribution is 2.34. The lowest BCUT2D eigenvalue weighted by molar-refractivity contribution is -0.137. The summed E-state index contributed by atoms with van der Waals surface area (Å²) < 4.78 is 10.7. The topological polar surface area (TPSA) is 96.9 Å². The lowest BCUT2D eigenvalue weighted by atomic mass is 10.0. The Labute approximate surface area is 186 Å². The number of ether oxygens (including phenoxy) is 2. The highest BCUT2D eigenvalue weighted by molar-refractivity contribution is 7.99. The molecule has 166 valence electrons. The number of carboxylic acids is 1. The van der Waals surface area contributed by atoms with Crippen LogP contribution in [0.15, 0.2) is 48.5 Å². The molecule has 0 saturated heterocycles. The molecule has 1 aliphatic rings. The second kappa shape index (κ2) is 11.5. The number of hydrogen-bond donors (Lipinski definition) is 3. The molecule has 0 fully saturated rings. The molecule has 2 aromatic rings. The average molecular weight is 445 g/mol. The Morgan fingerprint density at radius 1 is 1.10 bits per heavy atom. The zero-order chi connectivity index (χ0) is 22.1. The minimum atomic E-state index is -0.998. The zero-order valence-corrected chi connectivity index (χ0v) is 18.3. The van der Waals surface area contributed by atoms with Crippen LogP contribution in [0.2, 0.25) is 0 Å². The maximum absolute atomic E-state index is 12.8. The van der Waals surface area contributed by atoms with Gasteiger partial charge in [0.25, 0.3) is 0 Å². The quantitative estimate of drug-likeness (QED) is 0.454. The minimum absolute atomic E-state index is 0.0684. The molecule has 0 radical (unpaired) electrons. The molecule has 0 saturated carbocycles. The Morgan fingerprint density at radius 2 is 1.87 bits per heavy atom. The van der Waals surface area contributed by atoms with Crippen LogP contribution >= 0.6 is 11.8 Å². The van der Waals surface area contributed by atoms with Gasteiger partial charge in [0.05, 0.1) is 12.5 Å². The summed E-state index contributed by atoms with van der Waals surface area (Å²) >= 11 is 1.79. The van der Waals surface area contributed by atoms with Crippen molar-refractivity contribution in [3.63, 3.8) is 0 Å². The highest BCUT2D eigenvalue weighted by Gasteiger charge is 2.23. The summed E-state index contributed by atoms with van der Waals surface area (Å²) in [5, 5.41) is 15.2. The van der Waals surface area contributed by atoms with Gasteiger partial charge in [0.1, 0.15) is 0 Å². The Bertz CT molecular complexity index is 878. The summed E-state index contributed by atoms with van der Waals surface area (Å²) in [5.74, 6) is 1.96. The molecule has 3 rings (SSSR count). The monoisotopic (exact) mass is 444 g/mol. The molecule has 8 heteroatoms. The second-order valence-corrected chi connectivity index (χ2v) is 8.49. The van der Waals surface area contributed by atoms with E-state index in [1.807, 2.05) is 30.3 Å². The van der Waals surface area contributed by atoms with E-state index >= 15 is 0 Å². The number of benzene rings is 2. The lowest BCUT2D eigenvalue weighted by Crippen LogP contribution is -2.46. The van der Waals surface area contributed by atoms with E-state index in [1.165, 1.54) is 0 Å². The SMILES string of the molecule is CCCSC[C@@H](Cc1ccccc1)NC(=O)N[C@@H](CC(=O)O)c1ccc2c(c1)OCO2. The molecule has 0 aliphatic carbocycles. The molecule has 2 aromatic carbocycles. The Kier molecular flexibility index (Phi) is 8.46. The molecule has 0 spiro atoms. The van der Waals surface area contributed by atoms with E-state index in [-0.39, 0.29) is 25.3 Å². The summed E-state index contributed by atoms with van der Waals surface area (Å²) in [6.07, 6.45) is 1.54. The molecule has 31 heavy (non-hydrogen) atoms. The Balaban J connectivity index is 1.67. The van der Waals surface area contributed by atoms with Crippen molar-refractivity contribution in [3.05, 3.63) is 59.7 Å². The fourth-order valence-electron chi connectivity index (χ4n) is 3.36. The third-order valence-electron chi connectivity index (χ3n) is 4.81. The normalized spacial score (nSPS) is 14.0. The number of nitrogens with one attached hydrogen (secondary N) is 2. The number of carbonyl (C=O) groups excluding carboxylic acids is 1. The largest absolute Gasteiger partial charge is 0.481 e. The maximum atomic E-state index is 12.8. The van der Waals surface area contributed by atoms with Crippen LogP contribution in [-0.4, -0.2) is 41.4 Å². The highest BCUT2D eigenvalue weighted by atomic mass is 32.2. The van der Waals surface area contributed by atoms with Crippen LogP contribution < -0.4 is 20.1 Å². The number of carboxylic acid groups (broad SMARTS) is 1. The number of fused-ring (bicyclic) bond motifs is 1. The lowest BCUT2D eigenvalue weighted by Gasteiger charge is -2.23. The van der Waals surface area contributed by atoms with Gasteiger partial charge in [-0.05, 0) is 41.9 Å². The molecule has 2 amide bonds. The van der Waals surface area contributed by atoms with Gasteiger partial charge in [-0.15, -0.1) is 0 Å². The molecule has 1 aliphatic heterocycles. The van der Waals surface area contributed by atoms with Gasteiger partial charge in [-0.3, -0.25) is 4.79 Å². The number of aliphatic carboxylic acids is 1. The standard InChI is InChI=1S/C23H28N2O5S/c1-2-10-31-14-18(11-16-6-4-3-5-7-16)24-23(28)25-19(13-22(26)27)17-8-9-20-21(12-17)30-15-29-20/h3-9,12,18-19H,2,10-11,13-15H2,1H3,(H,26,27)(H2,24,25,28)/t18-,19+/m1/s1. The van der Waals surface area contributed by atoms with Gasteiger partial charge in [0.15, 0.2) is 11.5 Å². The van der Waals surface area contributed by atoms with E-state index in [9.17, 15) is 14.7 Å². The summed E-state index contributed by atoms with van der Waals surface area (Å²) in [5.41, 5.74) is 1.80. The van der Waals surface area contributed by atoms with E-state index in [0.29, 0.717) is 23.5 Å². The molecule has 2 atom stereocenters. The summed E-state index contributed by atoms with van der Waals surface area (Å²) in [7, 11) is 0. The Morgan fingerprint density at radius 3 is 2.61 bits per heavy atom. The third-order valence-corrected chi connectivity index (χ3v) is 6.15. The number of thioether (sulfide) groups is 1. The number of rotatable bonds is 11. The minimum Gasteiger partial charge on any atom is -0.481 e. The first kappa shape index (κ1) is 22.8. The smallest absolute Gasteiger partial charge is 0.315 e. The van der Waals surface area contributed by atoms with Crippen LogP contribution in [0.4, 0.5) is 4.79 Å². The number of amides is 2. The molecule has 7 nitrogen and oxygen atoms in total. The predicted molar refractivity (Wildman–Crippen MR) is 121 cm³/mol. The van der Waals surface area contributed by atoms with Crippen molar-refractivity contribution in [1.82, 2.24) is 10.6 Å². The van der Waals surface area contributed by atoms with Crippen LogP contribution in [-0.2, 0) is 11.2 Å². The Hall–Kier alpha value is -2.87. The van der Waals surface area contributed by atoms with Gasteiger partial charge in [-0.25, -0.2) is 4.79 Å². The number of hydrogen-bond acceptors (Lipinski definition) is 5. The zero-order valence-electron chi connectivity index (χ0n) is 17.5. The number of urea groups is 1. The third kappa shape index (κ3) is 7.10. The van der Waals surface area contributed by atoms with Crippen LogP contribution in [0, 0.1) is 0 Å². The number of carbonyl (C=O) groups is 2. The molecule has 0 bridgehead atoms. The van der Waals surface area contributed by atoms with Crippen molar-refractivity contribution in [3.8, 4) is 11.5 Å². The molecular weight excluding hydrogens is 416 g/mol. The van der Waals surface area contributed by atoms with Gasteiger partial charge in [-0.2, -0.15) is 11.8 Å². The van der Waals surface area contributed by atoms with E-state index < -0.39 is 12.0 Å². The van der Waals surface area contributed by atoms with Crippen molar-refractivity contribution >= 4 is 23.8 Å². The first-order valence-corrected chi connectivity index (χ1v) is 11.5. The van der Waals surface area contributed by atoms with Gasteiger partial charge in [0, 0.05) is 11.8 Å². The van der Waals surface area contributed by atoms with E-state index in [1.54, 1.807) is 30.0 Å². The summed E-state index contributed by atoms with van der Waals surface area (Å²) in [6.45, 7) is 2.26. The van der Waals surface area contributed by atoms with Gasteiger partial charge in [-0.1, -0.05) is 43.3 Å². The first-order valence-electron chi connectivity index (χ1n) is 10.3. The molecule has 0 unspecified atom stereocenters. The van der Waals surface area contributed by atoms with Crippen molar-refractivity contribution in [2.45, 2.75) is 38.3 Å². The maximum Gasteiger partial charge on any atom is 0.315 e. The van der Waals surface area contributed by atoms with Gasteiger partial charge < -0.3 is 25.2 Å². The first-order chi connectivity index (χ1) is 15.0. The second-order valence-electron chi connectivity index (χ2n) is 7.34. The van der Waals surface area contributed by atoms with Gasteiger partial charge >= 0.3 is 12.0 Å². The summed E-state index contributed by atoms with van der Waals surface area (Å²) in [4.78, 5) is 24.2. The molecule has 0 aromatic heterocycles. The van der Waals surface area contributed by atoms with E-state index in [2.05, 4.69) is 17.6 Å². The van der Waals surface area contributed by atoms with Crippen LogP contribution in [0.5, 0.6) is 11.5 Å². The van der Waals surface area contributed by atoms with Crippen molar-refractivity contribution in [1.29, 1.82) is 0 Å². The molecular formula is C23H28N2O5S. The van der Waals surface area contributed by atoms with Crippen molar-refractivity contribution in [2.75, 3.05) is 18.3 Å². The molecule has 3 N–H and O–H groups in total. The predicted octanol–water partition coefficient (Wildman–Crippen LogP) is 3.98. The average Bonchev–Trinajstić information content (AvgIpc) is 3.21. The van der Waals surface area contributed by atoms with E-state index in [0.717, 1.165) is 23.5 Å². The van der Waals surface area contributed by atoms with Gasteiger partial charge in [0.2, 0.25) is 6.79 Å². The van der Waals surface area contributed by atoms with Crippen molar-refractivity contribution in [2.24, 2.45) is 0 Å². The van der Waals surface area contributed by atoms with E-state index in [4.69, 9.17) is 9.47 Å². The van der Waals surface area contributed by atoms with Crippen LogP contribution in [0.1, 0.15) is 36.9 Å². The van der Waals surface area contributed by atoms with Crippen LogP contribution in [0.25, 0.3) is 0 Å². The fraction of sp³-hybridized carbons (Fsp3) is 0.391. The van der Waals surface area contributed by atoms with Crippen molar-refractivity contribution < 1.29 is 24.2 Å². The van der Waals surface area contributed by atoms with Crippen LogP contribution in [0.3, 0.4) is 0 Å². The fourth-order valence-corrected chi connectivity index (χ4v) is 4.30. The molecule has 1 heterocycles.